The third-order valence-corrected chi connectivity index (χ3v) is 3.16. The number of amides is 1. The van der Waals surface area contributed by atoms with Gasteiger partial charge in [-0.15, -0.1) is 0 Å². The van der Waals surface area contributed by atoms with E-state index in [2.05, 4.69) is 20.8 Å². The van der Waals surface area contributed by atoms with Crippen molar-refractivity contribution < 1.29 is 4.79 Å². The average Bonchev–Trinajstić information content (AvgIpc) is 2.24. The molecule has 16 heavy (non-hydrogen) atoms. The fourth-order valence-corrected chi connectivity index (χ4v) is 2.04. The zero-order valence-corrected chi connectivity index (χ0v) is 11.6. The lowest BCUT2D eigenvalue weighted by molar-refractivity contribution is -0.131. The Balaban J connectivity index is 3.87. The number of nitrogens with zero attached hydrogens (tertiary/aromatic N) is 1. The molecule has 2 nitrogen and oxygen atoms in total. The smallest absolute Gasteiger partial charge is 0.219 e. The molecule has 0 aromatic heterocycles. The van der Waals surface area contributed by atoms with Gasteiger partial charge in [0.05, 0.1) is 0 Å². The molecule has 0 aliphatic heterocycles. The van der Waals surface area contributed by atoms with E-state index in [0.717, 1.165) is 25.8 Å². The molecule has 0 aliphatic rings. The number of carbonyl (C=O) groups excluding carboxylic acids is 1. The highest BCUT2D eigenvalue weighted by atomic mass is 16.2. The first-order chi connectivity index (χ1) is 7.63. The number of rotatable bonds is 9. The van der Waals surface area contributed by atoms with Crippen LogP contribution in [0.15, 0.2) is 0 Å². The van der Waals surface area contributed by atoms with Gasteiger partial charge in [-0.25, -0.2) is 0 Å². The predicted octanol–water partition coefficient (Wildman–Crippen LogP) is 3.99. The summed E-state index contributed by atoms with van der Waals surface area (Å²) in [4.78, 5) is 13.5. The van der Waals surface area contributed by atoms with E-state index in [9.17, 15) is 4.79 Å². The van der Waals surface area contributed by atoms with Gasteiger partial charge >= 0.3 is 0 Å². The van der Waals surface area contributed by atoms with Gasteiger partial charge in [-0.3, -0.25) is 4.79 Å². The molecule has 1 atom stereocenters. The Bertz CT molecular complexity index is 180. The van der Waals surface area contributed by atoms with Gasteiger partial charge in [0, 0.05) is 19.5 Å². The van der Waals surface area contributed by atoms with Crippen LogP contribution in [-0.4, -0.2) is 23.4 Å². The van der Waals surface area contributed by atoms with Crippen LogP contribution in [0.4, 0.5) is 0 Å². The van der Waals surface area contributed by atoms with Gasteiger partial charge in [0.1, 0.15) is 0 Å². The Morgan fingerprint density at radius 2 is 1.69 bits per heavy atom. The third kappa shape index (κ3) is 6.86. The summed E-state index contributed by atoms with van der Waals surface area (Å²) in [6.07, 6.45) is 8.60. The first-order valence-electron chi connectivity index (χ1n) is 6.90. The van der Waals surface area contributed by atoms with Gasteiger partial charge in [-0.1, -0.05) is 46.0 Å². The van der Waals surface area contributed by atoms with Crippen LogP contribution in [0.5, 0.6) is 0 Å². The third-order valence-electron chi connectivity index (χ3n) is 3.16. The van der Waals surface area contributed by atoms with Gasteiger partial charge in [0.2, 0.25) is 5.91 Å². The van der Waals surface area contributed by atoms with Crippen LogP contribution in [0.1, 0.15) is 72.6 Å². The highest BCUT2D eigenvalue weighted by molar-refractivity contribution is 5.73. The van der Waals surface area contributed by atoms with Gasteiger partial charge in [0.15, 0.2) is 0 Å². The lowest BCUT2D eigenvalue weighted by atomic mass is 10.1. The van der Waals surface area contributed by atoms with Crippen LogP contribution < -0.4 is 0 Å². The SMILES string of the molecule is CCCCCCC(C)N(CCCC)C(C)=O. The van der Waals surface area contributed by atoms with Gasteiger partial charge in [0.25, 0.3) is 0 Å². The number of unbranched alkanes of at least 4 members (excludes halogenated alkanes) is 4. The zero-order chi connectivity index (χ0) is 12.4. The van der Waals surface area contributed by atoms with Crippen LogP contribution >= 0.6 is 0 Å². The average molecular weight is 227 g/mol. The molecule has 1 unspecified atom stereocenters. The minimum absolute atomic E-state index is 0.233. The predicted molar refractivity (Wildman–Crippen MR) is 70.5 cm³/mol. The van der Waals surface area contributed by atoms with Crippen LogP contribution in [0.25, 0.3) is 0 Å². The monoisotopic (exact) mass is 227 g/mol. The molecule has 0 bridgehead atoms. The largest absolute Gasteiger partial charge is 0.340 e. The van der Waals surface area contributed by atoms with E-state index in [1.165, 1.54) is 25.7 Å². The highest BCUT2D eigenvalue weighted by Gasteiger charge is 2.15. The van der Waals surface area contributed by atoms with Gasteiger partial charge in [-0.05, 0) is 19.8 Å². The van der Waals surface area contributed by atoms with Crippen LogP contribution in [0.2, 0.25) is 0 Å². The minimum atomic E-state index is 0.233. The van der Waals surface area contributed by atoms with E-state index >= 15 is 0 Å². The molecule has 2 heteroatoms. The summed E-state index contributed by atoms with van der Waals surface area (Å²) in [5.74, 6) is 0.233. The van der Waals surface area contributed by atoms with Crippen molar-refractivity contribution >= 4 is 5.91 Å². The molecule has 0 heterocycles. The Kier molecular flexibility index (Phi) is 9.36. The first-order valence-corrected chi connectivity index (χ1v) is 6.90. The van der Waals surface area contributed by atoms with Crippen molar-refractivity contribution in [2.75, 3.05) is 6.54 Å². The van der Waals surface area contributed by atoms with Crippen molar-refractivity contribution in [2.24, 2.45) is 0 Å². The van der Waals surface area contributed by atoms with E-state index in [4.69, 9.17) is 0 Å². The van der Waals surface area contributed by atoms with Crippen LogP contribution in [0.3, 0.4) is 0 Å². The summed E-state index contributed by atoms with van der Waals surface area (Å²) in [6, 6.07) is 0.418. The molecular weight excluding hydrogens is 198 g/mol. The van der Waals surface area contributed by atoms with Crippen molar-refractivity contribution in [1.29, 1.82) is 0 Å². The van der Waals surface area contributed by atoms with Crippen LogP contribution in [-0.2, 0) is 4.79 Å². The van der Waals surface area contributed by atoms with E-state index in [-0.39, 0.29) is 5.91 Å². The quantitative estimate of drug-likeness (QED) is 0.545. The molecule has 0 rings (SSSR count). The molecule has 0 aromatic rings. The molecule has 0 radical (unpaired) electrons. The van der Waals surface area contributed by atoms with Gasteiger partial charge < -0.3 is 4.90 Å². The Morgan fingerprint density at radius 3 is 2.19 bits per heavy atom. The molecule has 0 N–H and O–H groups in total. The summed E-state index contributed by atoms with van der Waals surface area (Å²) < 4.78 is 0. The van der Waals surface area contributed by atoms with Crippen molar-refractivity contribution in [3.63, 3.8) is 0 Å². The fraction of sp³-hybridized carbons (Fsp3) is 0.929. The Morgan fingerprint density at radius 1 is 1.06 bits per heavy atom. The summed E-state index contributed by atoms with van der Waals surface area (Å²) in [5, 5.41) is 0. The van der Waals surface area contributed by atoms with E-state index in [1.54, 1.807) is 6.92 Å². The topological polar surface area (TPSA) is 20.3 Å². The molecular formula is C14H29NO. The first kappa shape index (κ1) is 15.5. The lowest BCUT2D eigenvalue weighted by Gasteiger charge is -2.28. The lowest BCUT2D eigenvalue weighted by Crippen LogP contribution is -2.37. The van der Waals surface area contributed by atoms with E-state index in [1.807, 2.05) is 4.90 Å². The van der Waals surface area contributed by atoms with Gasteiger partial charge in [-0.2, -0.15) is 0 Å². The number of carbonyl (C=O) groups is 1. The summed E-state index contributed by atoms with van der Waals surface area (Å²) in [5.41, 5.74) is 0. The molecule has 0 saturated heterocycles. The van der Waals surface area contributed by atoms with Crippen molar-refractivity contribution in [2.45, 2.75) is 78.7 Å². The molecule has 0 aliphatic carbocycles. The minimum Gasteiger partial charge on any atom is -0.340 e. The molecule has 0 fully saturated rings. The fourth-order valence-electron chi connectivity index (χ4n) is 2.04. The summed E-state index contributed by atoms with van der Waals surface area (Å²) in [7, 11) is 0. The van der Waals surface area contributed by atoms with E-state index in [0.29, 0.717) is 6.04 Å². The second kappa shape index (κ2) is 9.68. The molecule has 0 spiro atoms. The maximum Gasteiger partial charge on any atom is 0.219 e. The Labute approximate surface area is 101 Å². The number of hydrogen-bond donors (Lipinski definition) is 0. The molecule has 0 aromatic carbocycles. The van der Waals surface area contributed by atoms with Crippen molar-refractivity contribution in [1.82, 2.24) is 4.90 Å². The molecule has 1 amide bonds. The second-order valence-corrected chi connectivity index (χ2v) is 4.76. The van der Waals surface area contributed by atoms with Crippen molar-refractivity contribution in [3.8, 4) is 0 Å². The summed E-state index contributed by atoms with van der Waals surface area (Å²) in [6.45, 7) is 9.21. The zero-order valence-electron chi connectivity index (χ0n) is 11.6. The van der Waals surface area contributed by atoms with Crippen molar-refractivity contribution in [3.05, 3.63) is 0 Å². The maximum absolute atomic E-state index is 11.5. The molecule has 96 valence electrons. The maximum atomic E-state index is 11.5. The summed E-state index contributed by atoms with van der Waals surface area (Å²) >= 11 is 0. The number of hydrogen-bond acceptors (Lipinski definition) is 1. The van der Waals surface area contributed by atoms with E-state index < -0.39 is 0 Å². The standard InChI is InChI=1S/C14H29NO/c1-5-7-9-10-11-13(3)15(14(4)16)12-8-6-2/h13H,5-12H2,1-4H3. The highest BCUT2D eigenvalue weighted by Crippen LogP contribution is 2.12. The molecule has 0 saturated carbocycles. The van der Waals surface area contributed by atoms with Crippen LogP contribution in [0, 0.1) is 0 Å². The Hall–Kier alpha value is -0.530. The normalized spacial score (nSPS) is 12.5. The second-order valence-electron chi connectivity index (χ2n) is 4.76.